The van der Waals surface area contributed by atoms with Crippen molar-refractivity contribution in [3.8, 4) is 0 Å². The molecule has 1 atom stereocenters. The van der Waals surface area contributed by atoms with Crippen LogP contribution in [0.5, 0.6) is 0 Å². The summed E-state index contributed by atoms with van der Waals surface area (Å²) in [5.41, 5.74) is 0. The molecule has 1 unspecified atom stereocenters. The number of amidine groups is 1. The molecule has 1 aliphatic rings. The molecule has 0 aliphatic carbocycles. The van der Waals surface area contributed by atoms with Crippen LogP contribution in [0.25, 0.3) is 0 Å². The predicted octanol–water partition coefficient (Wildman–Crippen LogP) is 1.09. The Morgan fingerprint density at radius 3 is 2.73 bits per heavy atom. The maximum Gasteiger partial charge on any atom is 0.250 e. The number of carbonyl (C=O) groups is 1. The molecule has 0 bridgehead atoms. The first-order chi connectivity index (χ1) is 5.27. The Hall–Kier alpha value is -0.860. The number of hydrogen-bond acceptors (Lipinski definition) is 2. The Kier molecular flexibility index (Phi) is 2.63. The molecule has 0 saturated carbocycles. The Morgan fingerprint density at radius 2 is 2.27 bits per heavy atom. The van der Waals surface area contributed by atoms with Gasteiger partial charge in [-0.2, -0.15) is 0 Å². The van der Waals surface area contributed by atoms with E-state index in [9.17, 15) is 4.79 Å². The van der Waals surface area contributed by atoms with E-state index in [1.165, 1.54) is 0 Å². The summed E-state index contributed by atoms with van der Waals surface area (Å²) in [6.07, 6.45) is 2.71. The lowest BCUT2D eigenvalue weighted by Crippen LogP contribution is -2.28. The number of aliphatic imine (C=N–C) groups is 1. The molecule has 11 heavy (non-hydrogen) atoms. The zero-order chi connectivity index (χ0) is 8.27. The SMILES string of the molecule is CCCC1N=C(CC)NC1=O. The van der Waals surface area contributed by atoms with Gasteiger partial charge >= 0.3 is 0 Å². The number of carbonyl (C=O) groups excluding carboxylic acids is 1. The monoisotopic (exact) mass is 154 g/mol. The summed E-state index contributed by atoms with van der Waals surface area (Å²) < 4.78 is 0. The first-order valence-electron chi connectivity index (χ1n) is 4.15. The van der Waals surface area contributed by atoms with E-state index in [-0.39, 0.29) is 11.9 Å². The first kappa shape index (κ1) is 8.24. The van der Waals surface area contributed by atoms with Crippen molar-refractivity contribution in [2.45, 2.75) is 39.2 Å². The molecule has 0 saturated heterocycles. The average Bonchev–Trinajstić information content (AvgIpc) is 2.33. The third kappa shape index (κ3) is 1.79. The fourth-order valence-corrected chi connectivity index (χ4v) is 1.15. The average molecular weight is 154 g/mol. The zero-order valence-corrected chi connectivity index (χ0v) is 7.05. The molecule has 1 amide bonds. The van der Waals surface area contributed by atoms with Crippen LogP contribution in [0.4, 0.5) is 0 Å². The second-order valence-corrected chi connectivity index (χ2v) is 2.72. The maximum atomic E-state index is 11.1. The molecule has 0 fully saturated rings. The molecule has 0 spiro atoms. The standard InChI is InChI=1S/C8H14N2O/c1-3-5-6-8(11)10-7(4-2)9-6/h6H,3-5H2,1-2H3,(H,9,10,11). The van der Waals surface area contributed by atoms with E-state index >= 15 is 0 Å². The Labute approximate surface area is 66.9 Å². The lowest BCUT2D eigenvalue weighted by Gasteiger charge is -1.99. The van der Waals surface area contributed by atoms with E-state index in [2.05, 4.69) is 17.2 Å². The van der Waals surface area contributed by atoms with E-state index in [0.29, 0.717) is 0 Å². The second-order valence-electron chi connectivity index (χ2n) is 2.72. The minimum Gasteiger partial charge on any atom is -0.313 e. The van der Waals surface area contributed by atoms with Crippen LogP contribution in [0.1, 0.15) is 33.1 Å². The van der Waals surface area contributed by atoms with Crippen molar-refractivity contribution in [1.29, 1.82) is 0 Å². The third-order valence-corrected chi connectivity index (χ3v) is 1.78. The van der Waals surface area contributed by atoms with E-state index in [1.807, 2.05) is 6.92 Å². The predicted molar refractivity (Wildman–Crippen MR) is 44.6 cm³/mol. The van der Waals surface area contributed by atoms with Gasteiger partial charge in [0.1, 0.15) is 11.9 Å². The summed E-state index contributed by atoms with van der Waals surface area (Å²) in [6.45, 7) is 4.06. The highest BCUT2D eigenvalue weighted by Gasteiger charge is 2.23. The van der Waals surface area contributed by atoms with Gasteiger partial charge in [-0.3, -0.25) is 9.79 Å². The molecule has 3 nitrogen and oxygen atoms in total. The van der Waals surface area contributed by atoms with Crippen molar-refractivity contribution in [2.75, 3.05) is 0 Å². The summed E-state index contributed by atoms with van der Waals surface area (Å²) in [7, 11) is 0. The van der Waals surface area contributed by atoms with Gasteiger partial charge in [0.2, 0.25) is 5.91 Å². The number of hydrogen-bond donors (Lipinski definition) is 1. The van der Waals surface area contributed by atoms with Crippen LogP contribution in [0.3, 0.4) is 0 Å². The van der Waals surface area contributed by atoms with Gasteiger partial charge < -0.3 is 5.32 Å². The molecule has 0 aromatic heterocycles. The van der Waals surface area contributed by atoms with Gasteiger partial charge in [-0.15, -0.1) is 0 Å². The van der Waals surface area contributed by atoms with Gasteiger partial charge in [0.05, 0.1) is 0 Å². The third-order valence-electron chi connectivity index (χ3n) is 1.78. The normalized spacial score (nSPS) is 23.3. The summed E-state index contributed by atoms with van der Waals surface area (Å²) in [6, 6.07) is -0.102. The molecular formula is C8H14N2O. The zero-order valence-electron chi connectivity index (χ0n) is 7.05. The van der Waals surface area contributed by atoms with Crippen LogP contribution in [-0.4, -0.2) is 17.8 Å². The minimum absolute atomic E-state index is 0.0729. The van der Waals surface area contributed by atoms with Gasteiger partial charge in [0.25, 0.3) is 0 Å². The number of nitrogens with zero attached hydrogens (tertiary/aromatic N) is 1. The van der Waals surface area contributed by atoms with E-state index in [1.54, 1.807) is 0 Å². The second kappa shape index (κ2) is 3.51. The van der Waals surface area contributed by atoms with Crippen molar-refractivity contribution < 1.29 is 4.79 Å². The van der Waals surface area contributed by atoms with Crippen LogP contribution >= 0.6 is 0 Å². The molecule has 1 N–H and O–H groups in total. The van der Waals surface area contributed by atoms with Crippen LogP contribution in [0, 0.1) is 0 Å². The van der Waals surface area contributed by atoms with E-state index in [0.717, 1.165) is 25.1 Å². The van der Waals surface area contributed by atoms with E-state index in [4.69, 9.17) is 0 Å². The van der Waals surface area contributed by atoms with Crippen LogP contribution < -0.4 is 5.32 Å². The highest BCUT2D eigenvalue weighted by Crippen LogP contribution is 2.08. The van der Waals surface area contributed by atoms with E-state index < -0.39 is 0 Å². The van der Waals surface area contributed by atoms with Crippen molar-refractivity contribution >= 4 is 11.7 Å². The quantitative estimate of drug-likeness (QED) is 0.649. The lowest BCUT2D eigenvalue weighted by atomic mass is 10.2. The Balaban J connectivity index is 2.53. The molecule has 1 rings (SSSR count). The van der Waals surface area contributed by atoms with Crippen molar-refractivity contribution in [3.05, 3.63) is 0 Å². The van der Waals surface area contributed by atoms with Gasteiger partial charge in [0.15, 0.2) is 0 Å². The van der Waals surface area contributed by atoms with Crippen molar-refractivity contribution in [2.24, 2.45) is 4.99 Å². The first-order valence-corrected chi connectivity index (χ1v) is 4.15. The van der Waals surface area contributed by atoms with Crippen molar-refractivity contribution in [1.82, 2.24) is 5.32 Å². The molecule has 0 aromatic carbocycles. The number of nitrogens with one attached hydrogen (secondary N) is 1. The molecule has 62 valence electrons. The largest absolute Gasteiger partial charge is 0.313 e. The fourth-order valence-electron chi connectivity index (χ4n) is 1.15. The highest BCUT2D eigenvalue weighted by atomic mass is 16.2. The van der Waals surface area contributed by atoms with Crippen LogP contribution in [0.2, 0.25) is 0 Å². The Bertz CT molecular complexity index is 187. The molecule has 1 heterocycles. The summed E-state index contributed by atoms with van der Waals surface area (Å²) in [5, 5.41) is 2.75. The Morgan fingerprint density at radius 1 is 1.55 bits per heavy atom. The van der Waals surface area contributed by atoms with Gasteiger partial charge in [0, 0.05) is 6.42 Å². The minimum atomic E-state index is -0.102. The summed E-state index contributed by atoms with van der Waals surface area (Å²) in [4.78, 5) is 15.3. The lowest BCUT2D eigenvalue weighted by molar-refractivity contribution is -0.120. The van der Waals surface area contributed by atoms with Gasteiger partial charge in [-0.05, 0) is 6.42 Å². The fraction of sp³-hybridized carbons (Fsp3) is 0.750. The van der Waals surface area contributed by atoms with Crippen LogP contribution in [0.15, 0.2) is 4.99 Å². The van der Waals surface area contributed by atoms with Gasteiger partial charge in [-0.1, -0.05) is 20.3 Å². The topological polar surface area (TPSA) is 41.5 Å². The molecule has 0 aromatic rings. The van der Waals surface area contributed by atoms with Crippen LogP contribution in [-0.2, 0) is 4.79 Å². The molecular weight excluding hydrogens is 140 g/mol. The van der Waals surface area contributed by atoms with Gasteiger partial charge in [-0.25, -0.2) is 0 Å². The van der Waals surface area contributed by atoms with Crippen molar-refractivity contribution in [3.63, 3.8) is 0 Å². The summed E-state index contributed by atoms with van der Waals surface area (Å²) >= 11 is 0. The smallest absolute Gasteiger partial charge is 0.250 e. The summed E-state index contributed by atoms with van der Waals surface area (Å²) in [5.74, 6) is 0.914. The molecule has 3 heteroatoms. The number of rotatable bonds is 3. The number of amides is 1. The molecule has 1 aliphatic heterocycles. The maximum absolute atomic E-state index is 11.1. The molecule has 0 radical (unpaired) electrons. The highest BCUT2D eigenvalue weighted by molar-refractivity contribution is 6.05.